The van der Waals surface area contributed by atoms with Crippen molar-refractivity contribution in [1.29, 1.82) is 0 Å². The minimum Gasteiger partial charge on any atom is -0.478 e. The smallest absolute Gasteiger partial charge is 0.357 e. The van der Waals surface area contributed by atoms with Gasteiger partial charge in [0.1, 0.15) is 0 Å². The predicted molar refractivity (Wildman–Crippen MR) is 55.2 cm³/mol. The summed E-state index contributed by atoms with van der Waals surface area (Å²) in [5, 5.41) is 28.8. The van der Waals surface area contributed by atoms with Crippen molar-refractivity contribution < 1.29 is 29.7 Å². The molecule has 4 N–H and O–H groups in total. The van der Waals surface area contributed by atoms with Crippen LogP contribution in [0.2, 0.25) is 0 Å². The summed E-state index contributed by atoms with van der Waals surface area (Å²) >= 11 is 0. The zero-order valence-electron chi connectivity index (χ0n) is 9.18. The Kier molecular flexibility index (Phi) is 4.06. The van der Waals surface area contributed by atoms with E-state index in [4.69, 9.17) is 10.2 Å². The normalized spacial score (nSPS) is 17.5. The monoisotopic (exact) mass is 245 g/mol. The molecular formula is C10H15NO6. The second-order valence-electron chi connectivity index (χ2n) is 4.13. The van der Waals surface area contributed by atoms with Crippen LogP contribution >= 0.6 is 0 Å². The molecule has 1 fully saturated rings. The lowest BCUT2D eigenvalue weighted by Crippen LogP contribution is -2.60. The number of rotatable bonds is 4. The van der Waals surface area contributed by atoms with Crippen molar-refractivity contribution in [2.45, 2.75) is 43.7 Å². The van der Waals surface area contributed by atoms with E-state index in [1.807, 2.05) is 0 Å². The zero-order chi connectivity index (χ0) is 13.1. The van der Waals surface area contributed by atoms with E-state index < -0.39 is 23.4 Å². The number of hydrogen-bond acceptors (Lipinski definition) is 4. The van der Waals surface area contributed by atoms with E-state index in [-0.39, 0.29) is 6.04 Å². The maximum atomic E-state index is 11.5. The van der Waals surface area contributed by atoms with Gasteiger partial charge < -0.3 is 20.6 Å². The lowest BCUT2D eigenvalue weighted by molar-refractivity contribution is -0.180. The molecule has 7 heteroatoms. The third-order valence-electron chi connectivity index (χ3n) is 2.89. The Hall–Kier alpha value is -1.63. The topological polar surface area (TPSA) is 124 Å². The number of carbonyl (C=O) groups is 3. The highest BCUT2D eigenvalue weighted by atomic mass is 16.5. The van der Waals surface area contributed by atoms with Gasteiger partial charge in [-0.25, -0.2) is 9.59 Å². The van der Waals surface area contributed by atoms with Crippen LogP contribution in [-0.4, -0.2) is 44.8 Å². The van der Waals surface area contributed by atoms with Crippen molar-refractivity contribution in [3.05, 3.63) is 0 Å². The van der Waals surface area contributed by atoms with Crippen molar-refractivity contribution in [3.8, 4) is 0 Å². The molecule has 0 unspecified atom stereocenters. The number of aliphatic hydroxyl groups is 1. The Morgan fingerprint density at radius 3 is 1.88 bits per heavy atom. The molecule has 0 saturated heterocycles. The molecule has 0 atom stereocenters. The summed E-state index contributed by atoms with van der Waals surface area (Å²) in [4.78, 5) is 32.8. The molecule has 0 radical (unpaired) electrons. The number of amides is 1. The van der Waals surface area contributed by atoms with Crippen molar-refractivity contribution >= 4 is 17.8 Å². The number of hydrogen-bond donors (Lipinski definition) is 4. The molecule has 0 aromatic rings. The van der Waals surface area contributed by atoms with Crippen LogP contribution in [0.25, 0.3) is 0 Å². The number of carbonyl (C=O) groups excluding carboxylic acids is 1. The van der Waals surface area contributed by atoms with Gasteiger partial charge in [-0.3, -0.25) is 4.79 Å². The van der Waals surface area contributed by atoms with Gasteiger partial charge in [0.05, 0.1) is 0 Å². The number of carboxylic acid groups (broad SMARTS) is 2. The van der Waals surface area contributed by atoms with Crippen molar-refractivity contribution in [2.75, 3.05) is 0 Å². The summed E-state index contributed by atoms with van der Waals surface area (Å²) in [6, 6.07) is -0.263. The van der Waals surface area contributed by atoms with Crippen LogP contribution in [0.5, 0.6) is 0 Å². The highest BCUT2D eigenvalue weighted by Gasteiger charge is 2.53. The molecule has 1 rings (SSSR count). The van der Waals surface area contributed by atoms with E-state index in [1.165, 1.54) is 0 Å². The van der Waals surface area contributed by atoms with Gasteiger partial charge in [-0.2, -0.15) is 0 Å². The summed E-state index contributed by atoms with van der Waals surface area (Å²) in [7, 11) is 0. The Bertz CT molecular complexity index is 320. The van der Waals surface area contributed by atoms with E-state index in [2.05, 4.69) is 5.32 Å². The first-order chi connectivity index (χ1) is 7.89. The summed E-state index contributed by atoms with van der Waals surface area (Å²) in [5.74, 6) is -5.55. The second-order valence-corrected chi connectivity index (χ2v) is 4.13. The van der Waals surface area contributed by atoms with Gasteiger partial charge in [0.2, 0.25) is 0 Å². The summed E-state index contributed by atoms with van der Waals surface area (Å²) in [6.07, 6.45) is 4.16. The predicted octanol–water partition coefficient (Wildman–Crippen LogP) is -0.664. The molecule has 1 saturated carbocycles. The third kappa shape index (κ3) is 2.73. The fourth-order valence-corrected chi connectivity index (χ4v) is 1.82. The molecule has 0 heterocycles. The molecule has 0 aromatic carbocycles. The van der Waals surface area contributed by atoms with Gasteiger partial charge in [-0.15, -0.1) is 0 Å². The van der Waals surface area contributed by atoms with Crippen LogP contribution in [0.15, 0.2) is 0 Å². The quantitative estimate of drug-likeness (QED) is 0.487. The molecule has 1 aliphatic carbocycles. The fraction of sp³-hybridized carbons (Fsp3) is 0.700. The van der Waals surface area contributed by atoms with E-state index in [1.54, 1.807) is 0 Å². The van der Waals surface area contributed by atoms with Crippen molar-refractivity contribution in [3.63, 3.8) is 0 Å². The van der Waals surface area contributed by atoms with Gasteiger partial charge in [0, 0.05) is 6.04 Å². The molecule has 7 nitrogen and oxygen atoms in total. The van der Waals surface area contributed by atoms with Gasteiger partial charge in [-0.05, 0) is 12.8 Å². The Labute approximate surface area is 97.4 Å². The standard InChI is InChI=1S/C10H15NO6/c12-7(10(17,8(13)14)9(15)16)11-6-4-2-1-3-5-6/h6,17H,1-5H2,(H,11,12)(H,13,14)(H,15,16). The minimum atomic E-state index is -3.41. The molecule has 0 aromatic heterocycles. The Morgan fingerprint density at radius 1 is 1.00 bits per heavy atom. The van der Waals surface area contributed by atoms with Gasteiger partial charge in [0.15, 0.2) is 0 Å². The van der Waals surface area contributed by atoms with Crippen LogP contribution in [0.4, 0.5) is 0 Å². The molecule has 1 aliphatic rings. The second kappa shape index (κ2) is 5.13. The lowest BCUT2D eigenvalue weighted by Gasteiger charge is -2.26. The number of aliphatic carboxylic acids is 2. The van der Waals surface area contributed by atoms with Crippen LogP contribution in [0, 0.1) is 0 Å². The molecule has 17 heavy (non-hydrogen) atoms. The van der Waals surface area contributed by atoms with E-state index in [9.17, 15) is 19.5 Å². The number of nitrogens with one attached hydrogen (secondary N) is 1. The van der Waals surface area contributed by atoms with Gasteiger partial charge in [0.25, 0.3) is 5.91 Å². The zero-order valence-corrected chi connectivity index (χ0v) is 9.18. The molecule has 0 aliphatic heterocycles. The Morgan fingerprint density at radius 2 is 1.47 bits per heavy atom. The molecule has 0 bridgehead atoms. The highest BCUT2D eigenvalue weighted by molar-refractivity contribution is 6.22. The highest BCUT2D eigenvalue weighted by Crippen LogP contribution is 2.18. The Balaban J connectivity index is 2.72. The van der Waals surface area contributed by atoms with Crippen LogP contribution in [0.1, 0.15) is 32.1 Å². The summed E-state index contributed by atoms with van der Waals surface area (Å²) < 4.78 is 0. The molecule has 0 spiro atoms. The molecule has 1 amide bonds. The van der Waals surface area contributed by atoms with E-state index in [0.29, 0.717) is 12.8 Å². The first-order valence-corrected chi connectivity index (χ1v) is 5.39. The SMILES string of the molecule is O=C(O)C(O)(C(=O)O)C(=O)NC1CCCCC1. The maximum Gasteiger partial charge on any atom is 0.357 e. The maximum absolute atomic E-state index is 11.5. The molecular weight excluding hydrogens is 230 g/mol. The number of carboxylic acids is 2. The van der Waals surface area contributed by atoms with Gasteiger partial charge in [-0.1, -0.05) is 19.3 Å². The van der Waals surface area contributed by atoms with E-state index in [0.717, 1.165) is 19.3 Å². The average molecular weight is 245 g/mol. The van der Waals surface area contributed by atoms with E-state index >= 15 is 0 Å². The fourth-order valence-electron chi connectivity index (χ4n) is 1.82. The largest absolute Gasteiger partial charge is 0.478 e. The first-order valence-electron chi connectivity index (χ1n) is 5.39. The minimum absolute atomic E-state index is 0.263. The van der Waals surface area contributed by atoms with Crippen LogP contribution in [-0.2, 0) is 14.4 Å². The third-order valence-corrected chi connectivity index (χ3v) is 2.89. The summed E-state index contributed by atoms with van der Waals surface area (Å²) in [6.45, 7) is 0. The lowest BCUT2D eigenvalue weighted by atomic mass is 9.94. The first kappa shape index (κ1) is 13.4. The van der Waals surface area contributed by atoms with Gasteiger partial charge >= 0.3 is 17.5 Å². The van der Waals surface area contributed by atoms with Crippen molar-refractivity contribution in [1.82, 2.24) is 5.32 Å². The van der Waals surface area contributed by atoms with Crippen LogP contribution in [0.3, 0.4) is 0 Å². The molecule has 96 valence electrons. The van der Waals surface area contributed by atoms with Crippen molar-refractivity contribution in [2.24, 2.45) is 0 Å². The van der Waals surface area contributed by atoms with Crippen LogP contribution < -0.4 is 5.32 Å². The average Bonchev–Trinajstić information content (AvgIpc) is 2.28. The summed E-state index contributed by atoms with van der Waals surface area (Å²) in [5.41, 5.74) is -3.41.